The molecule has 0 aromatic carbocycles. The maximum Gasteiger partial charge on any atom is 0.241 e. The van der Waals surface area contributed by atoms with Crippen molar-refractivity contribution in [3.63, 3.8) is 0 Å². The summed E-state index contributed by atoms with van der Waals surface area (Å²) in [5.74, 6) is 2.97. The van der Waals surface area contributed by atoms with Gasteiger partial charge < -0.3 is 4.52 Å². The normalized spacial score (nSPS) is 27.3. The molecule has 2 aliphatic carbocycles. The van der Waals surface area contributed by atoms with Crippen LogP contribution in [-0.4, -0.2) is 15.1 Å². The fourth-order valence-corrected chi connectivity index (χ4v) is 3.30. The van der Waals surface area contributed by atoms with Crippen molar-refractivity contribution in [3.8, 4) is 0 Å². The van der Waals surface area contributed by atoms with E-state index in [0.29, 0.717) is 23.6 Å². The molecule has 0 unspecified atom stereocenters. The molecule has 102 valence electrons. The molecule has 2 aliphatic rings. The van der Waals surface area contributed by atoms with Crippen LogP contribution in [0, 0.1) is 11.8 Å². The summed E-state index contributed by atoms with van der Waals surface area (Å²) in [5, 5.41) is 4.73. The molecular weight excluding hydrogens is 297 g/mol. The molecule has 6 heteroatoms. The van der Waals surface area contributed by atoms with Gasteiger partial charge in [0.1, 0.15) is 5.88 Å². The highest BCUT2D eigenvalue weighted by Gasteiger charge is 2.55. The molecule has 20 heavy (non-hydrogen) atoms. The monoisotopic (exact) mass is 307 g/mol. The highest BCUT2D eigenvalue weighted by Crippen LogP contribution is 2.62. The summed E-state index contributed by atoms with van der Waals surface area (Å²) in [6.45, 7) is 0. The molecule has 2 aromatic heterocycles. The van der Waals surface area contributed by atoms with E-state index in [0.717, 1.165) is 23.0 Å². The molecular formula is C14H11Cl2N3O. The van der Waals surface area contributed by atoms with Crippen LogP contribution in [0.15, 0.2) is 28.9 Å². The first-order valence-corrected chi connectivity index (χ1v) is 7.38. The largest absolute Gasteiger partial charge is 0.338 e. The molecule has 0 aliphatic heterocycles. The SMILES string of the molecule is ClCc1nc([C@@H]2[C@H]3C=C(c4cc(Cl)ccn4)C[C@H]32)no1. The third kappa shape index (κ3) is 1.95. The molecule has 0 radical (unpaired) electrons. The second-order valence-electron chi connectivity index (χ2n) is 5.20. The van der Waals surface area contributed by atoms with Crippen LogP contribution in [0.3, 0.4) is 0 Å². The van der Waals surface area contributed by atoms with Crippen molar-refractivity contribution < 1.29 is 4.52 Å². The summed E-state index contributed by atoms with van der Waals surface area (Å²) >= 11 is 11.7. The lowest BCUT2D eigenvalue weighted by atomic mass is 10.1. The molecule has 0 amide bonds. The van der Waals surface area contributed by atoms with Crippen LogP contribution in [0.1, 0.15) is 29.7 Å². The van der Waals surface area contributed by atoms with Gasteiger partial charge in [-0.2, -0.15) is 4.98 Å². The van der Waals surface area contributed by atoms with E-state index in [1.165, 1.54) is 5.57 Å². The maximum absolute atomic E-state index is 6.00. The summed E-state index contributed by atoms with van der Waals surface area (Å²) in [7, 11) is 0. The van der Waals surface area contributed by atoms with Crippen molar-refractivity contribution in [3.05, 3.63) is 46.8 Å². The molecule has 0 spiro atoms. The van der Waals surface area contributed by atoms with E-state index < -0.39 is 0 Å². The van der Waals surface area contributed by atoms with Gasteiger partial charge in [-0.05, 0) is 36.0 Å². The number of hydrogen-bond donors (Lipinski definition) is 0. The van der Waals surface area contributed by atoms with Crippen LogP contribution in [0.25, 0.3) is 5.57 Å². The van der Waals surface area contributed by atoms with Crippen molar-refractivity contribution in [2.45, 2.75) is 18.2 Å². The Bertz CT molecular complexity index is 697. The smallest absolute Gasteiger partial charge is 0.241 e. The molecule has 0 saturated heterocycles. The highest BCUT2D eigenvalue weighted by molar-refractivity contribution is 6.30. The van der Waals surface area contributed by atoms with E-state index in [9.17, 15) is 0 Å². The molecule has 1 fully saturated rings. The quantitative estimate of drug-likeness (QED) is 0.812. The van der Waals surface area contributed by atoms with E-state index in [1.807, 2.05) is 6.07 Å². The molecule has 4 rings (SSSR count). The first-order valence-electron chi connectivity index (χ1n) is 6.47. The van der Waals surface area contributed by atoms with Crippen LogP contribution < -0.4 is 0 Å². The topological polar surface area (TPSA) is 51.8 Å². The Morgan fingerprint density at radius 2 is 2.30 bits per heavy atom. The van der Waals surface area contributed by atoms with Gasteiger partial charge in [-0.3, -0.25) is 4.98 Å². The fourth-order valence-electron chi connectivity index (χ4n) is 3.04. The lowest BCUT2D eigenvalue weighted by Gasteiger charge is -2.04. The highest BCUT2D eigenvalue weighted by atomic mass is 35.5. The Kier molecular flexibility index (Phi) is 2.82. The number of allylic oxidation sites excluding steroid dienone is 2. The summed E-state index contributed by atoms with van der Waals surface area (Å²) < 4.78 is 5.06. The molecule has 0 N–H and O–H groups in total. The number of alkyl halides is 1. The Balaban J connectivity index is 1.54. The minimum atomic E-state index is 0.266. The van der Waals surface area contributed by atoms with Gasteiger partial charge in [-0.1, -0.05) is 22.8 Å². The van der Waals surface area contributed by atoms with Gasteiger partial charge in [0.05, 0.1) is 5.69 Å². The predicted octanol–water partition coefficient (Wildman–Crippen LogP) is 3.67. The third-order valence-corrected chi connectivity index (χ3v) is 4.49. The third-order valence-electron chi connectivity index (χ3n) is 4.03. The van der Waals surface area contributed by atoms with E-state index in [1.54, 1.807) is 12.3 Å². The summed E-state index contributed by atoms with van der Waals surface area (Å²) in [5.41, 5.74) is 2.23. The van der Waals surface area contributed by atoms with Crippen molar-refractivity contribution >= 4 is 28.8 Å². The van der Waals surface area contributed by atoms with Gasteiger partial charge in [-0.25, -0.2) is 0 Å². The number of pyridine rings is 1. The first-order chi connectivity index (χ1) is 9.76. The van der Waals surface area contributed by atoms with Crippen molar-refractivity contribution in [2.75, 3.05) is 0 Å². The van der Waals surface area contributed by atoms with Gasteiger partial charge in [0.25, 0.3) is 0 Å². The Labute approximate surface area is 125 Å². The zero-order valence-electron chi connectivity index (χ0n) is 10.5. The molecule has 1 saturated carbocycles. The summed E-state index contributed by atoms with van der Waals surface area (Å²) in [6.07, 6.45) is 5.00. The van der Waals surface area contributed by atoms with Crippen LogP contribution in [-0.2, 0) is 5.88 Å². The molecule has 3 atom stereocenters. The van der Waals surface area contributed by atoms with Gasteiger partial charge in [0.2, 0.25) is 5.89 Å². The van der Waals surface area contributed by atoms with Gasteiger partial charge in [0.15, 0.2) is 5.82 Å². The summed E-state index contributed by atoms with van der Waals surface area (Å²) in [6, 6.07) is 3.70. The lowest BCUT2D eigenvalue weighted by molar-refractivity contribution is 0.383. The minimum Gasteiger partial charge on any atom is -0.338 e. The van der Waals surface area contributed by atoms with Gasteiger partial charge in [0, 0.05) is 17.1 Å². The van der Waals surface area contributed by atoms with Crippen molar-refractivity contribution in [1.82, 2.24) is 15.1 Å². The number of rotatable bonds is 3. The van der Waals surface area contributed by atoms with Gasteiger partial charge in [-0.15, -0.1) is 11.6 Å². The number of fused-ring (bicyclic) bond motifs is 1. The summed E-state index contributed by atoms with van der Waals surface area (Å²) in [4.78, 5) is 8.68. The van der Waals surface area contributed by atoms with Crippen LogP contribution >= 0.6 is 23.2 Å². The number of hydrogen-bond acceptors (Lipinski definition) is 4. The Morgan fingerprint density at radius 3 is 2.95 bits per heavy atom. The lowest BCUT2D eigenvalue weighted by Crippen LogP contribution is -1.93. The van der Waals surface area contributed by atoms with E-state index in [4.69, 9.17) is 27.7 Å². The fraction of sp³-hybridized carbons (Fsp3) is 0.357. The van der Waals surface area contributed by atoms with Crippen LogP contribution in [0.4, 0.5) is 0 Å². The van der Waals surface area contributed by atoms with Crippen molar-refractivity contribution in [2.24, 2.45) is 11.8 Å². The van der Waals surface area contributed by atoms with E-state index >= 15 is 0 Å². The molecule has 2 heterocycles. The zero-order chi connectivity index (χ0) is 13.7. The average molecular weight is 308 g/mol. The van der Waals surface area contributed by atoms with Crippen molar-refractivity contribution in [1.29, 1.82) is 0 Å². The molecule has 2 aromatic rings. The molecule has 4 nitrogen and oxygen atoms in total. The molecule has 0 bridgehead atoms. The first kappa shape index (κ1) is 12.4. The Hall–Kier alpha value is -1.39. The van der Waals surface area contributed by atoms with E-state index in [-0.39, 0.29) is 5.88 Å². The zero-order valence-corrected chi connectivity index (χ0v) is 12.0. The Morgan fingerprint density at radius 1 is 1.40 bits per heavy atom. The second-order valence-corrected chi connectivity index (χ2v) is 5.91. The van der Waals surface area contributed by atoms with Crippen LogP contribution in [0.2, 0.25) is 5.02 Å². The number of halogens is 2. The van der Waals surface area contributed by atoms with Crippen LogP contribution in [0.5, 0.6) is 0 Å². The number of nitrogens with zero attached hydrogens (tertiary/aromatic N) is 3. The minimum absolute atomic E-state index is 0.266. The average Bonchev–Trinajstić information content (AvgIpc) is 2.87. The maximum atomic E-state index is 6.00. The standard InChI is InChI=1S/C14H11Cl2N3O/c15-6-12-18-14(19-20-12)13-9-3-7(4-10(9)13)11-5-8(16)1-2-17-11/h1-3,5,9-10,13H,4,6H2/t9-,10+,13+/m0/s1. The van der Waals surface area contributed by atoms with Gasteiger partial charge >= 0.3 is 0 Å². The predicted molar refractivity (Wildman–Crippen MR) is 75.4 cm³/mol. The second kappa shape index (κ2) is 4.57. The van der Waals surface area contributed by atoms with E-state index in [2.05, 4.69) is 21.2 Å². The number of aromatic nitrogens is 3.